The third-order valence-electron chi connectivity index (χ3n) is 4.37. The van der Waals surface area contributed by atoms with E-state index < -0.39 is 32.5 Å². The maximum Gasteiger partial charge on any atom is 0.261 e. The van der Waals surface area contributed by atoms with E-state index in [1.54, 1.807) is 12.1 Å². The van der Waals surface area contributed by atoms with Crippen LogP contribution in [0.3, 0.4) is 0 Å². The van der Waals surface area contributed by atoms with Gasteiger partial charge in [0.2, 0.25) is 15.9 Å². The van der Waals surface area contributed by atoms with E-state index in [-0.39, 0.29) is 26.3 Å². The number of nitrogens with zero attached hydrogens (tertiary/aromatic N) is 1. The van der Waals surface area contributed by atoms with Crippen LogP contribution in [-0.4, -0.2) is 35.5 Å². The molecule has 0 fully saturated rings. The van der Waals surface area contributed by atoms with Crippen molar-refractivity contribution in [3.63, 3.8) is 0 Å². The highest BCUT2D eigenvalue weighted by Gasteiger charge is 2.22. The zero-order valence-electron chi connectivity index (χ0n) is 17.5. The van der Waals surface area contributed by atoms with E-state index in [1.165, 1.54) is 54.6 Å². The van der Waals surface area contributed by atoms with Crippen LogP contribution in [0.1, 0.15) is 0 Å². The molecule has 2 N–H and O–H groups in total. The lowest BCUT2D eigenvalue weighted by Gasteiger charge is -2.22. The Balaban J connectivity index is 1.72. The lowest BCUT2D eigenvalue weighted by molar-refractivity contribution is -0.114. The summed E-state index contributed by atoms with van der Waals surface area (Å²) in [6.07, 6.45) is 0.947. The Kier molecular flexibility index (Phi) is 7.99. The maximum absolute atomic E-state index is 12.6. The van der Waals surface area contributed by atoms with Gasteiger partial charge in [-0.25, -0.2) is 16.8 Å². The second-order valence-electron chi connectivity index (χ2n) is 7.08. The third-order valence-corrected chi connectivity index (χ3v) is 7.59. The smallest absolute Gasteiger partial charge is 0.261 e. The number of nitrogens with one attached hydrogen (secondary N) is 2. The Hall–Kier alpha value is -2.50. The van der Waals surface area contributed by atoms with Crippen LogP contribution in [0.5, 0.6) is 0 Å². The predicted octanol–water partition coefficient (Wildman–Crippen LogP) is 4.85. The van der Waals surface area contributed by atoms with Crippen molar-refractivity contribution in [3.8, 4) is 0 Å². The molecule has 0 atom stereocenters. The van der Waals surface area contributed by atoms with Gasteiger partial charge in [-0.2, -0.15) is 0 Å². The number of halogens is 3. The van der Waals surface area contributed by atoms with Crippen molar-refractivity contribution in [3.05, 3.63) is 81.8 Å². The minimum Gasteiger partial charge on any atom is -0.325 e. The molecule has 0 bridgehead atoms. The van der Waals surface area contributed by atoms with Crippen molar-refractivity contribution in [2.24, 2.45) is 0 Å². The van der Waals surface area contributed by atoms with Crippen molar-refractivity contribution in [1.29, 1.82) is 0 Å². The fraction of sp³-hybridized carbons (Fsp3) is 0.0952. The van der Waals surface area contributed by atoms with E-state index >= 15 is 0 Å². The molecule has 3 aromatic rings. The molecule has 1 amide bonds. The average molecular weight is 563 g/mol. The highest BCUT2D eigenvalue weighted by atomic mass is 35.5. The Labute approximate surface area is 212 Å². The number of hydrogen-bond donors (Lipinski definition) is 2. The summed E-state index contributed by atoms with van der Waals surface area (Å²) < 4.78 is 52.9. The number of sulfonamides is 2. The first-order valence-corrected chi connectivity index (χ1v) is 13.9. The predicted molar refractivity (Wildman–Crippen MR) is 136 cm³/mol. The number of benzene rings is 3. The third kappa shape index (κ3) is 7.00. The second-order valence-corrected chi connectivity index (χ2v) is 12.0. The molecule has 0 aromatic heterocycles. The van der Waals surface area contributed by atoms with E-state index in [0.717, 1.165) is 10.6 Å². The highest BCUT2D eigenvalue weighted by Crippen LogP contribution is 2.27. The number of rotatable bonds is 8. The Bertz CT molecular complexity index is 1390. The zero-order valence-corrected chi connectivity index (χ0v) is 21.4. The number of anilines is 3. The standard InChI is InChI=1S/C21H18Cl3N3O5S2/c1-33(29,30)27(19-11-15(23)10-16(24)12-19)13-21(28)25-17-6-8-20(9-7-17)34(31,32)26-18-4-2-14(22)3-5-18/h2-12,26H,13H2,1H3,(H,25,28). The summed E-state index contributed by atoms with van der Waals surface area (Å²) in [5, 5.41) is 3.42. The average Bonchev–Trinajstić information content (AvgIpc) is 2.72. The highest BCUT2D eigenvalue weighted by molar-refractivity contribution is 7.92. The van der Waals surface area contributed by atoms with Crippen LogP contribution in [0, 0.1) is 0 Å². The monoisotopic (exact) mass is 561 g/mol. The summed E-state index contributed by atoms with van der Waals surface area (Å²) in [6, 6.07) is 15.7. The number of hydrogen-bond acceptors (Lipinski definition) is 5. The Morgan fingerprint density at radius 1 is 0.794 bits per heavy atom. The van der Waals surface area contributed by atoms with Crippen LogP contribution in [0.2, 0.25) is 15.1 Å². The van der Waals surface area contributed by atoms with Crippen molar-refractivity contribution in [2.45, 2.75) is 4.90 Å². The summed E-state index contributed by atoms with van der Waals surface area (Å²) in [5.41, 5.74) is 0.738. The van der Waals surface area contributed by atoms with Crippen LogP contribution in [-0.2, 0) is 24.8 Å². The summed E-state index contributed by atoms with van der Waals surface area (Å²) in [5.74, 6) is -0.656. The van der Waals surface area contributed by atoms with Crippen LogP contribution in [0.25, 0.3) is 0 Å². The van der Waals surface area contributed by atoms with Gasteiger partial charge in [0, 0.05) is 26.4 Å². The van der Waals surface area contributed by atoms with Crippen LogP contribution < -0.4 is 14.3 Å². The molecule has 8 nitrogen and oxygen atoms in total. The van der Waals surface area contributed by atoms with Crippen molar-refractivity contribution in [1.82, 2.24) is 0 Å². The topological polar surface area (TPSA) is 113 Å². The molecule has 34 heavy (non-hydrogen) atoms. The molecule has 0 aliphatic carbocycles. The van der Waals surface area contributed by atoms with Gasteiger partial charge in [-0.15, -0.1) is 0 Å². The van der Waals surface area contributed by atoms with Gasteiger partial charge in [-0.1, -0.05) is 34.8 Å². The Morgan fingerprint density at radius 2 is 1.32 bits per heavy atom. The van der Waals surface area contributed by atoms with Gasteiger partial charge < -0.3 is 5.32 Å². The van der Waals surface area contributed by atoms with Gasteiger partial charge in [-0.05, 0) is 66.7 Å². The SMILES string of the molecule is CS(=O)(=O)N(CC(=O)Nc1ccc(S(=O)(=O)Nc2ccc(Cl)cc2)cc1)c1cc(Cl)cc(Cl)c1. The first-order valence-electron chi connectivity index (χ1n) is 9.45. The molecular formula is C21H18Cl3N3O5S2. The molecule has 3 rings (SSSR count). The fourth-order valence-electron chi connectivity index (χ4n) is 2.86. The van der Waals surface area contributed by atoms with E-state index in [0.29, 0.717) is 10.7 Å². The normalized spacial score (nSPS) is 11.6. The molecule has 0 radical (unpaired) electrons. The number of amides is 1. The first-order chi connectivity index (χ1) is 15.8. The lowest BCUT2D eigenvalue weighted by Crippen LogP contribution is -2.37. The van der Waals surface area contributed by atoms with Gasteiger partial charge in [0.25, 0.3) is 10.0 Å². The molecule has 0 aliphatic heterocycles. The second kappa shape index (κ2) is 10.4. The van der Waals surface area contributed by atoms with Gasteiger partial charge in [0.05, 0.1) is 16.8 Å². The molecule has 0 aliphatic rings. The fourth-order valence-corrected chi connectivity index (χ4v) is 5.40. The van der Waals surface area contributed by atoms with E-state index in [2.05, 4.69) is 10.0 Å². The van der Waals surface area contributed by atoms with Gasteiger partial charge in [-0.3, -0.25) is 13.8 Å². The largest absolute Gasteiger partial charge is 0.325 e. The van der Waals surface area contributed by atoms with Crippen LogP contribution in [0.4, 0.5) is 17.1 Å². The summed E-state index contributed by atoms with van der Waals surface area (Å²) in [4.78, 5) is 12.5. The van der Waals surface area contributed by atoms with Gasteiger partial charge in [0.15, 0.2) is 0 Å². The molecule has 0 heterocycles. The van der Waals surface area contributed by atoms with Crippen molar-refractivity contribution in [2.75, 3.05) is 27.1 Å². The lowest BCUT2D eigenvalue weighted by atomic mass is 10.3. The molecule has 0 spiro atoms. The number of carbonyl (C=O) groups is 1. The van der Waals surface area contributed by atoms with E-state index in [4.69, 9.17) is 34.8 Å². The molecular weight excluding hydrogens is 545 g/mol. The minimum atomic E-state index is -3.87. The first kappa shape index (κ1) is 26.1. The minimum absolute atomic E-state index is 0.0354. The molecule has 0 saturated heterocycles. The van der Waals surface area contributed by atoms with Crippen LogP contribution in [0.15, 0.2) is 71.6 Å². The Morgan fingerprint density at radius 3 is 1.85 bits per heavy atom. The molecule has 180 valence electrons. The van der Waals surface area contributed by atoms with Crippen molar-refractivity contribution < 1.29 is 21.6 Å². The molecule has 13 heteroatoms. The zero-order chi connectivity index (χ0) is 25.1. The maximum atomic E-state index is 12.6. The molecule has 0 unspecified atom stereocenters. The number of carbonyl (C=O) groups excluding carboxylic acids is 1. The summed E-state index contributed by atoms with van der Waals surface area (Å²) in [7, 11) is -7.71. The van der Waals surface area contributed by atoms with Gasteiger partial charge in [0.1, 0.15) is 6.54 Å². The van der Waals surface area contributed by atoms with E-state index in [9.17, 15) is 21.6 Å². The molecule has 0 saturated carbocycles. The summed E-state index contributed by atoms with van der Waals surface area (Å²) in [6.45, 7) is -0.548. The quantitative estimate of drug-likeness (QED) is 0.407. The summed E-state index contributed by atoms with van der Waals surface area (Å²) >= 11 is 17.7. The van der Waals surface area contributed by atoms with Crippen LogP contribution >= 0.6 is 34.8 Å². The van der Waals surface area contributed by atoms with Gasteiger partial charge >= 0.3 is 0 Å². The van der Waals surface area contributed by atoms with Crippen molar-refractivity contribution >= 4 is 77.8 Å². The molecule has 3 aromatic carbocycles. The van der Waals surface area contributed by atoms with E-state index in [1.807, 2.05) is 0 Å².